The molecule has 1 aromatic rings. The van der Waals surface area contributed by atoms with Gasteiger partial charge in [-0.25, -0.2) is 0 Å². The fourth-order valence-corrected chi connectivity index (χ4v) is 3.67. The first kappa shape index (κ1) is 13.7. The first-order valence-electron chi connectivity index (χ1n) is 7.81. The van der Waals surface area contributed by atoms with Crippen LogP contribution in [0.1, 0.15) is 61.4 Å². The zero-order chi connectivity index (χ0) is 14.3. The van der Waals surface area contributed by atoms with E-state index in [1.54, 1.807) is 0 Å². The second-order valence-electron chi connectivity index (χ2n) is 7.10. The highest BCUT2D eigenvalue weighted by Gasteiger charge is 2.26. The summed E-state index contributed by atoms with van der Waals surface area (Å²) in [5, 5.41) is 0. The average Bonchev–Trinajstić information content (AvgIpc) is 2.93. The minimum Gasteiger partial charge on any atom is -0.460 e. The molecule has 0 saturated carbocycles. The van der Waals surface area contributed by atoms with Gasteiger partial charge in [-0.3, -0.25) is 4.79 Å². The number of esters is 1. The highest BCUT2D eigenvalue weighted by atomic mass is 16.6. The average molecular weight is 272 g/mol. The van der Waals surface area contributed by atoms with Crippen molar-refractivity contribution >= 4 is 5.97 Å². The Hall–Kier alpha value is -1.31. The predicted molar refractivity (Wildman–Crippen MR) is 80.0 cm³/mol. The molecule has 0 spiro atoms. The van der Waals surface area contributed by atoms with Gasteiger partial charge in [-0.15, -0.1) is 0 Å². The third kappa shape index (κ3) is 2.61. The number of hydrogen-bond acceptors (Lipinski definition) is 2. The standard InChI is InChI=1S/C18H24O2/c1-18(2,3)20-17(19)11-16-14-8-4-6-12(14)10-13-7-5-9-15(13)16/h10H,4-9,11H2,1-3H3. The summed E-state index contributed by atoms with van der Waals surface area (Å²) in [7, 11) is 0. The largest absolute Gasteiger partial charge is 0.460 e. The minimum absolute atomic E-state index is 0.0769. The van der Waals surface area contributed by atoms with E-state index in [1.807, 2.05) is 20.8 Å². The molecule has 0 N–H and O–H groups in total. The van der Waals surface area contributed by atoms with E-state index in [4.69, 9.17) is 4.74 Å². The van der Waals surface area contributed by atoms with E-state index in [0.717, 1.165) is 12.8 Å². The van der Waals surface area contributed by atoms with Crippen molar-refractivity contribution in [1.29, 1.82) is 0 Å². The second kappa shape index (κ2) is 4.91. The first-order valence-corrected chi connectivity index (χ1v) is 7.81. The summed E-state index contributed by atoms with van der Waals surface area (Å²) in [6.07, 6.45) is 7.58. The third-order valence-electron chi connectivity index (χ3n) is 4.34. The molecule has 0 amide bonds. The molecule has 3 rings (SSSR count). The normalized spacial score (nSPS) is 16.9. The van der Waals surface area contributed by atoms with Crippen molar-refractivity contribution < 1.29 is 9.53 Å². The number of carbonyl (C=O) groups excluding carboxylic acids is 1. The molecular formula is C18H24O2. The van der Waals surface area contributed by atoms with Gasteiger partial charge < -0.3 is 4.74 Å². The van der Waals surface area contributed by atoms with E-state index in [0.29, 0.717) is 6.42 Å². The molecule has 2 aliphatic carbocycles. The summed E-state index contributed by atoms with van der Waals surface area (Å²) >= 11 is 0. The van der Waals surface area contributed by atoms with E-state index in [1.165, 1.54) is 53.5 Å². The van der Waals surface area contributed by atoms with Crippen molar-refractivity contribution in [2.75, 3.05) is 0 Å². The molecule has 2 aliphatic rings. The summed E-state index contributed by atoms with van der Waals surface area (Å²) in [6.45, 7) is 5.81. The fourth-order valence-electron chi connectivity index (χ4n) is 3.67. The maximum Gasteiger partial charge on any atom is 0.310 e. The first-order chi connectivity index (χ1) is 9.44. The van der Waals surface area contributed by atoms with Gasteiger partial charge in [0.2, 0.25) is 0 Å². The Kier molecular flexibility index (Phi) is 3.35. The van der Waals surface area contributed by atoms with E-state index < -0.39 is 5.60 Å². The van der Waals surface area contributed by atoms with Crippen LogP contribution in [0.3, 0.4) is 0 Å². The molecule has 0 saturated heterocycles. The Bertz CT molecular complexity index is 517. The quantitative estimate of drug-likeness (QED) is 0.770. The Morgan fingerprint density at radius 3 is 2.10 bits per heavy atom. The summed E-state index contributed by atoms with van der Waals surface area (Å²) in [5.74, 6) is -0.0769. The van der Waals surface area contributed by atoms with E-state index in [-0.39, 0.29) is 5.97 Å². The number of benzene rings is 1. The van der Waals surface area contributed by atoms with Crippen molar-refractivity contribution in [1.82, 2.24) is 0 Å². The summed E-state index contributed by atoms with van der Waals surface area (Å²) in [6, 6.07) is 2.41. The zero-order valence-electron chi connectivity index (χ0n) is 12.8. The lowest BCUT2D eigenvalue weighted by molar-refractivity contribution is -0.153. The van der Waals surface area contributed by atoms with Crippen molar-refractivity contribution in [2.24, 2.45) is 0 Å². The maximum atomic E-state index is 12.2. The number of fused-ring (bicyclic) bond motifs is 2. The number of ether oxygens (including phenoxy) is 1. The molecule has 0 fully saturated rings. The fraction of sp³-hybridized carbons (Fsp3) is 0.611. The lowest BCUT2D eigenvalue weighted by Gasteiger charge is -2.21. The van der Waals surface area contributed by atoms with Crippen LogP contribution in [0.25, 0.3) is 0 Å². The molecule has 0 heterocycles. The molecule has 0 aromatic heterocycles. The molecule has 0 radical (unpaired) electrons. The smallest absolute Gasteiger partial charge is 0.310 e. The van der Waals surface area contributed by atoms with Crippen molar-refractivity contribution in [3.63, 3.8) is 0 Å². The maximum absolute atomic E-state index is 12.2. The van der Waals surface area contributed by atoms with E-state index in [2.05, 4.69) is 6.07 Å². The van der Waals surface area contributed by atoms with E-state index in [9.17, 15) is 4.79 Å². The van der Waals surface area contributed by atoms with Gasteiger partial charge in [-0.1, -0.05) is 6.07 Å². The Morgan fingerprint density at radius 2 is 1.60 bits per heavy atom. The molecule has 2 nitrogen and oxygen atoms in total. The van der Waals surface area contributed by atoms with Crippen LogP contribution in [0.5, 0.6) is 0 Å². The van der Waals surface area contributed by atoms with Crippen LogP contribution >= 0.6 is 0 Å². The molecule has 0 bridgehead atoms. The third-order valence-corrected chi connectivity index (χ3v) is 4.34. The van der Waals surface area contributed by atoms with Gasteiger partial charge in [0.15, 0.2) is 0 Å². The topological polar surface area (TPSA) is 26.3 Å². The van der Waals surface area contributed by atoms with Crippen molar-refractivity contribution in [3.8, 4) is 0 Å². The highest BCUT2D eigenvalue weighted by molar-refractivity contribution is 5.75. The van der Waals surface area contributed by atoms with Gasteiger partial charge in [0.1, 0.15) is 5.60 Å². The second-order valence-corrected chi connectivity index (χ2v) is 7.10. The van der Waals surface area contributed by atoms with Crippen LogP contribution < -0.4 is 0 Å². The summed E-state index contributed by atoms with van der Waals surface area (Å²) in [5.41, 5.74) is 6.81. The monoisotopic (exact) mass is 272 g/mol. The van der Waals surface area contributed by atoms with Crippen molar-refractivity contribution in [3.05, 3.63) is 33.9 Å². The van der Waals surface area contributed by atoms with Gasteiger partial charge in [0, 0.05) is 0 Å². The Morgan fingerprint density at radius 1 is 1.05 bits per heavy atom. The van der Waals surface area contributed by atoms with E-state index >= 15 is 0 Å². The molecule has 0 unspecified atom stereocenters. The van der Waals surface area contributed by atoms with Crippen LogP contribution in [0.4, 0.5) is 0 Å². The molecular weight excluding hydrogens is 248 g/mol. The molecule has 20 heavy (non-hydrogen) atoms. The number of carbonyl (C=O) groups is 1. The molecule has 1 aromatic carbocycles. The Balaban J connectivity index is 1.91. The molecule has 0 atom stereocenters. The number of aryl methyl sites for hydroxylation is 2. The molecule has 0 aliphatic heterocycles. The van der Waals surface area contributed by atoms with Crippen LogP contribution in [-0.4, -0.2) is 11.6 Å². The summed E-state index contributed by atoms with van der Waals surface area (Å²) < 4.78 is 5.52. The van der Waals surface area contributed by atoms with Crippen LogP contribution in [0, 0.1) is 0 Å². The zero-order valence-corrected chi connectivity index (χ0v) is 12.8. The van der Waals surface area contributed by atoms with Gasteiger partial charge in [-0.05, 0) is 87.1 Å². The number of rotatable bonds is 2. The lowest BCUT2D eigenvalue weighted by atomic mass is 9.92. The lowest BCUT2D eigenvalue weighted by Crippen LogP contribution is -2.25. The van der Waals surface area contributed by atoms with Crippen molar-refractivity contribution in [2.45, 2.75) is 71.3 Å². The minimum atomic E-state index is -0.391. The Labute approximate surface area is 121 Å². The van der Waals surface area contributed by atoms with Crippen LogP contribution in [-0.2, 0) is 41.6 Å². The molecule has 108 valence electrons. The predicted octanol–water partition coefficient (Wildman–Crippen LogP) is 3.55. The molecule has 2 heteroatoms. The van der Waals surface area contributed by atoms with Gasteiger partial charge in [0.05, 0.1) is 6.42 Å². The van der Waals surface area contributed by atoms with Gasteiger partial charge in [0.25, 0.3) is 0 Å². The van der Waals surface area contributed by atoms with Crippen LogP contribution in [0.2, 0.25) is 0 Å². The summed E-state index contributed by atoms with van der Waals surface area (Å²) in [4.78, 5) is 12.2. The number of hydrogen-bond donors (Lipinski definition) is 0. The SMILES string of the molecule is CC(C)(C)OC(=O)Cc1c2c(cc3c1CCC3)CCC2. The van der Waals surface area contributed by atoms with Gasteiger partial charge >= 0.3 is 5.97 Å². The highest BCUT2D eigenvalue weighted by Crippen LogP contribution is 2.35. The van der Waals surface area contributed by atoms with Crippen LogP contribution in [0.15, 0.2) is 6.07 Å². The van der Waals surface area contributed by atoms with Gasteiger partial charge in [-0.2, -0.15) is 0 Å².